The average molecular weight is 301 g/mol. The van der Waals surface area contributed by atoms with E-state index in [0.29, 0.717) is 29.4 Å². The third-order valence-corrected chi connectivity index (χ3v) is 3.24. The van der Waals surface area contributed by atoms with Crippen LogP contribution in [0.15, 0.2) is 30.3 Å². The standard InChI is InChI=1S/C16H19N3O3/c1-10-4-5-12(15(17)19-10)9-18-16(20)11-6-7-13(21-2)14(8-11)22-3/h4-8H,9H2,1-3H3,(H2,17,19)(H,18,20). The van der Waals surface area contributed by atoms with Gasteiger partial charge in [-0.15, -0.1) is 0 Å². The molecule has 0 bridgehead atoms. The molecule has 116 valence electrons. The molecule has 0 aliphatic rings. The molecular weight excluding hydrogens is 282 g/mol. The molecule has 2 rings (SSSR count). The van der Waals surface area contributed by atoms with Gasteiger partial charge in [0, 0.05) is 23.4 Å². The predicted octanol–water partition coefficient (Wildman–Crippen LogP) is 1.92. The molecule has 0 fully saturated rings. The minimum Gasteiger partial charge on any atom is -0.493 e. The monoisotopic (exact) mass is 301 g/mol. The van der Waals surface area contributed by atoms with E-state index in [0.717, 1.165) is 11.3 Å². The Kier molecular flexibility index (Phi) is 4.83. The van der Waals surface area contributed by atoms with Crippen LogP contribution in [-0.2, 0) is 6.54 Å². The number of aryl methyl sites for hydroxylation is 1. The summed E-state index contributed by atoms with van der Waals surface area (Å²) in [7, 11) is 3.07. The summed E-state index contributed by atoms with van der Waals surface area (Å²) in [5.41, 5.74) is 7.93. The molecule has 3 N–H and O–H groups in total. The average Bonchev–Trinajstić information content (AvgIpc) is 2.53. The largest absolute Gasteiger partial charge is 0.493 e. The fraction of sp³-hybridized carbons (Fsp3) is 0.250. The zero-order chi connectivity index (χ0) is 16.1. The van der Waals surface area contributed by atoms with E-state index in [2.05, 4.69) is 10.3 Å². The van der Waals surface area contributed by atoms with Gasteiger partial charge >= 0.3 is 0 Å². The summed E-state index contributed by atoms with van der Waals surface area (Å²) in [6, 6.07) is 8.70. The van der Waals surface area contributed by atoms with Gasteiger partial charge in [-0.25, -0.2) is 4.98 Å². The molecule has 1 heterocycles. The van der Waals surface area contributed by atoms with Crippen LogP contribution >= 0.6 is 0 Å². The van der Waals surface area contributed by atoms with Crippen LogP contribution in [-0.4, -0.2) is 25.1 Å². The van der Waals surface area contributed by atoms with Crippen molar-refractivity contribution in [1.82, 2.24) is 10.3 Å². The number of rotatable bonds is 5. The highest BCUT2D eigenvalue weighted by atomic mass is 16.5. The van der Waals surface area contributed by atoms with Crippen LogP contribution in [0.3, 0.4) is 0 Å². The number of hydrogen-bond acceptors (Lipinski definition) is 5. The molecule has 0 aliphatic heterocycles. The van der Waals surface area contributed by atoms with Gasteiger partial charge < -0.3 is 20.5 Å². The first-order valence-corrected chi connectivity index (χ1v) is 6.77. The molecular formula is C16H19N3O3. The van der Waals surface area contributed by atoms with Crippen molar-refractivity contribution in [1.29, 1.82) is 0 Å². The number of carbonyl (C=O) groups is 1. The predicted molar refractivity (Wildman–Crippen MR) is 84.1 cm³/mol. The maximum absolute atomic E-state index is 12.2. The number of nitrogens with zero attached hydrogens (tertiary/aromatic N) is 1. The molecule has 1 aromatic carbocycles. The van der Waals surface area contributed by atoms with Crippen molar-refractivity contribution in [3.05, 3.63) is 47.2 Å². The summed E-state index contributed by atoms with van der Waals surface area (Å²) in [5, 5.41) is 2.81. The Morgan fingerprint density at radius 3 is 2.55 bits per heavy atom. The van der Waals surface area contributed by atoms with Gasteiger partial charge in [0.1, 0.15) is 5.82 Å². The van der Waals surface area contributed by atoms with Crippen LogP contribution in [0.4, 0.5) is 5.82 Å². The van der Waals surface area contributed by atoms with E-state index in [9.17, 15) is 4.79 Å². The van der Waals surface area contributed by atoms with Gasteiger partial charge in [-0.1, -0.05) is 6.07 Å². The van der Waals surface area contributed by atoms with Crippen molar-refractivity contribution in [3.63, 3.8) is 0 Å². The summed E-state index contributed by atoms with van der Waals surface area (Å²) < 4.78 is 10.3. The lowest BCUT2D eigenvalue weighted by Crippen LogP contribution is -2.23. The number of nitrogens with two attached hydrogens (primary N) is 1. The zero-order valence-electron chi connectivity index (χ0n) is 12.8. The van der Waals surface area contributed by atoms with Crippen LogP contribution < -0.4 is 20.5 Å². The number of benzene rings is 1. The fourth-order valence-corrected chi connectivity index (χ4v) is 2.01. The summed E-state index contributed by atoms with van der Waals surface area (Å²) in [5.74, 6) is 1.28. The summed E-state index contributed by atoms with van der Waals surface area (Å²) in [6.07, 6.45) is 0. The maximum Gasteiger partial charge on any atom is 0.251 e. The number of methoxy groups -OCH3 is 2. The number of nitrogen functional groups attached to an aromatic ring is 1. The number of ether oxygens (including phenoxy) is 2. The van der Waals surface area contributed by atoms with Gasteiger partial charge in [0.05, 0.1) is 14.2 Å². The van der Waals surface area contributed by atoms with E-state index >= 15 is 0 Å². The first kappa shape index (κ1) is 15.6. The number of amides is 1. The van der Waals surface area contributed by atoms with Gasteiger partial charge in [0.2, 0.25) is 0 Å². The quantitative estimate of drug-likeness (QED) is 0.881. The van der Waals surface area contributed by atoms with E-state index < -0.39 is 0 Å². The lowest BCUT2D eigenvalue weighted by molar-refractivity contribution is 0.0950. The molecule has 2 aromatic rings. The van der Waals surface area contributed by atoms with Crippen molar-refractivity contribution < 1.29 is 14.3 Å². The Labute approximate surface area is 129 Å². The lowest BCUT2D eigenvalue weighted by Gasteiger charge is -2.11. The molecule has 22 heavy (non-hydrogen) atoms. The SMILES string of the molecule is COc1ccc(C(=O)NCc2ccc(C)nc2N)cc1OC. The highest BCUT2D eigenvalue weighted by Crippen LogP contribution is 2.27. The molecule has 0 saturated carbocycles. The highest BCUT2D eigenvalue weighted by Gasteiger charge is 2.11. The van der Waals surface area contributed by atoms with Crippen molar-refractivity contribution >= 4 is 11.7 Å². The number of pyridine rings is 1. The van der Waals surface area contributed by atoms with Crippen LogP contribution in [0.2, 0.25) is 0 Å². The number of aromatic nitrogens is 1. The normalized spacial score (nSPS) is 10.1. The van der Waals surface area contributed by atoms with Crippen LogP contribution in [0, 0.1) is 6.92 Å². The van der Waals surface area contributed by atoms with E-state index in [1.165, 1.54) is 7.11 Å². The molecule has 0 aliphatic carbocycles. The smallest absolute Gasteiger partial charge is 0.251 e. The number of hydrogen-bond donors (Lipinski definition) is 2. The minimum atomic E-state index is -0.221. The van der Waals surface area contributed by atoms with Gasteiger partial charge in [-0.2, -0.15) is 0 Å². The second-order valence-electron chi connectivity index (χ2n) is 4.75. The lowest BCUT2D eigenvalue weighted by atomic mass is 10.1. The van der Waals surface area contributed by atoms with E-state index in [1.54, 1.807) is 25.3 Å². The summed E-state index contributed by atoms with van der Waals surface area (Å²) >= 11 is 0. The molecule has 0 spiro atoms. The molecule has 0 radical (unpaired) electrons. The van der Waals surface area contributed by atoms with E-state index in [4.69, 9.17) is 15.2 Å². The number of carbonyl (C=O) groups excluding carboxylic acids is 1. The topological polar surface area (TPSA) is 86.5 Å². The Morgan fingerprint density at radius 2 is 1.91 bits per heavy atom. The molecule has 1 aromatic heterocycles. The van der Waals surface area contributed by atoms with Crippen molar-refractivity contribution in [2.75, 3.05) is 20.0 Å². The van der Waals surface area contributed by atoms with Gasteiger partial charge in [0.15, 0.2) is 11.5 Å². The van der Waals surface area contributed by atoms with Gasteiger partial charge in [0.25, 0.3) is 5.91 Å². The third-order valence-electron chi connectivity index (χ3n) is 3.24. The number of nitrogens with one attached hydrogen (secondary N) is 1. The Bertz CT molecular complexity index is 686. The second-order valence-corrected chi connectivity index (χ2v) is 4.75. The Balaban J connectivity index is 2.09. The van der Waals surface area contributed by atoms with Crippen LogP contribution in [0.1, 0.15) is 21.6 Å². The summed E-state index contributed by atoms with van der Waals surface area (Å²) in [4.78, 5) is 16.4. The molecule has 0 saturated heterocycles. The third kappa shape index (κ3) is 3.46. The fourth-order valence-electron chi connectivity index (χ4n) is 2.01. The number of anilines is 1. The van der Waals surface area contributed by atoms with Crippen molar-refractivity contribution in [3.8, 4) is 11.5 Å². The zero-order valence-corrected chi connectivity index (χ0v) is 12.8. The van der Waals surface area contributed by atoms with Crippen LogP contribution in [0.5, 0.6) is 11.5 Å². The maximum atomic E-state index is 12.2. The first-order chi connectivity index (χ1) is 10.5. The molecule has 0 unspecified atom stereocenters. The van der Waals surface area contributed by atoms with E-state index in [-0.39, 0.29) is 5.91 Å². The minimum absolute atomic E-state index is 0.221. The van der Waals surface area contributed by atoms with Gasteiger partial charge in [-0.3, -0.25) is 4.79 Å². The first-order valence-electron chi connectivity index (χ1n) is 6.77. The van der Waals surface area contributed by atoms with Crippen LogP contribution in [0.25, 0.3) is 0 Å². The van der Waals surface area contributed by atoms with Gasteiger partial charge in [-0.05, 0) is 31.2 Å². The summed E-state index contributed by atoms with van der Waals surface area (Å²) in [6.45, 7) is 2.18. The van der Waals surface area contributed by atoms with Crippen molar-refractivity contribution in [2.24, 2.45) is 0 Å². The van der Waals surface area contributed by atoms with E-state index in [1.807, 2.05) is 19.1 Å². The second kappa shape index (κ2) is 6.80. The molecule has 6 nitrogen and oxygen atoms in total. The Morgan fingerprint density at radius 1 is 1.18 bits per heavy atom. The Hall–Kier alpha value is -2.76. The molecule has 6 heteroatoms. The highest BCUT2D eigenvalue weighted by molar-refractivity contribution is 5.94. The molecule has 1 amide bonds. The van der Waals surface area contributed by atoms with Crippen molar-refractivity contribution in [2.45, 2.75) is 13.5 Å². The molecule has 0 atom stereocenters.